The quantitative estimate of drug-likeness (QED) is 0.310. The number of piperidine rings is 1. The van der Waals surface area contributed by atoms with E-state index in [1.54, 1.807) is 14.2 Å². The number of hydrogen-bond donors (Lipinski definition) is 3. The fourth-order valence-electron chi connectivity index (χ4n) is 3.05. The molecule has 3 N–H and O–H groups in total. The molecule has 0 saturated carbocycles. The number of carbonyl (C=O) groups is 2. The van der Waals surface area contributed by atoms with Crippen LogP contribution < -0.4 is 16.0 Å². The molecule has 0 aliphatic carbocycles. The fraction of sp³-hybridized carbons (Fsp3) is 0.833. The Morgan fingerprint density at radius 1 is 1.19 bits per heavy atom. The Hall–Kier alpha value is -1.83. The van der Waals surface area contributed by atoms with Gasteiger partial charge in [0.25, 0.3) is 0 Å². The van der Waals surface area contributed by atoms with Gasteiger partial charge in [0.05, 0.1) is 13.2 Å². The first-order chi connectivity index (χ1) is 12.5. The molecule has 0 spiro atoms. The Bertz CT molecular complexity index is 458. The summed E-state index contributed by atoms with van der Waals surface area (Å²) in [5.41, 5.74) is 0. The molecule has 1 fully saturated rings. The van der Waals surface area contributed by atoms with Crippen molar-refractivity contribution in [1.82, 2.24) is 20.9 Å². The Balaban J connectivity index is 2.33. The number of carbonyl (C=O) groups excluding carboxylic acids is 2. The number of ether oxygens (including phenoxy) is 1. The van der Waals surface area contributed by atoms with Gasteiger partial charge in [0.1, 0.15) is 0 Å². The number of amides is 2. The Morgan fingerprint density at radius 2 is 1.85 bits per heavy atom. The normalized spacial score (nSPS) is 15.9. The highest BCUT2D eigenvalue weighted by molar-refractivity contribution is 5.86. The highest BCUT2D eigenvalue weighted by Gasteiger charge is 2.26. The van der Waals surface area contributed by atoms with Crippen molar-refractivity contribution in [1.29, 1.82) is 0 Å². The fourth-order valence-corrected chi connectivity index (χ4v) is 3.05. The molecule has 8 nitrogen and oxygen atoms in total. The van der Waals surface area contributed by atoms with Crippen LogP contribution in [0.1, 0.15) is 39.5 Å². The second-order valence-corrected chi connectivity index (χ2v) is 6.53. The third-order valence-electron chi connectivity index (χ3n) is 4.75. The van der Waals surface area contributed by atoms with Crippen LogP contribution in [0, 0.1) is 5.92 Å². The second kappa shape index (κ2) is 12.5. The Labute approximate surface area is 157 Å². The van der Waals surface area contributed by atoms with E-state index in [0.29, 0.717) is 19.1 Å². The van der Waals surface area contributed by atoms with Crippen LogP contribution in [0.2, 0.25) is 0 Å². The summed E-state index contributed by atoms with van der Waals surface area (Å²) in [7, 11) is 3.28. The van der Waals surface area contributed by atoms with Crippen molar-refractivity contribution in [2.45, 2.75) is 45.6 Å². The second-order valence-electron chi connectivity index (χ2n) is 6.53. The van der Waals surface area contributed by atoms with Crippen molar-refractivity contribution in [3.63, 3.8) is 0 Å². The van der Waals surface area contributed by atoms with Gasteiger partial charge in [-0.05, 0) is 25.7 Å². The van der Waals surface area contributed by atoms with Gasteiger partial charge in [-0.1, -0.05) is 13.8 Å². The summed E-state index contributed by atoms with van der Waals surface area (Å²) in [5.74, 6) is 0.932. The van der Waals surface area contributed by atoms with Gasteiger partial charge in [-0.15, -0.1) is 0 Å². The summed E-state index contributed by atoms with van der Waals surface area (Å²) in [6.07, 6.45) is 3.56. The molecule has 2 amide bonds. The predicted molar refractivity (Wildman–Crippen MR) is 103 cm³/mol. The molecule has 0 bridgehead atoms. The molecule has 1 aliphatic heterocycles. The number of aliphatic imine (C=N–C) groups is 1. The molecule has 1 heterocycles. The van der Waals surface area contributed by atoms with E-state index in [9.17, 15) is 9.59 Å². The van der Waals surface area contributed by atoms with Crippen molar-refractivity contribution in [3.8, 4) is 0 Å². The van der Waals surface area contributed by atoms with E-state index in [1.807, 2.05) is 4.90 Å². The summed E-state index contributed by atoms with van der Waals surface area (Å²) in [5, 5.41) is 9.11. The van der Waals surface area contributed by atoms with Crippen LogP contribution in [0.5, 0.6) is 0 Å². The molecule has 8 heteroatoms. The van der Waals surface area contributed by atoms with Crippen LogP contribution in [0.25, 0.3) is 0 Å². The molecule has 1 aliphatic rings. The SMILES string of the molecule is CCC(CC)C(=O)N1CCC(NC(=NC)NCC(=O)NCCOC)CC1. The summed E-state index contributed by atoms with van der Waals surface area (Å²) < 4.78 is 4.89. The van der Waals surface area contributed by atoms with Crippen LogP contribution in [-0.2, 0) is 14.3 Å². The van der Waals surface area contributed by atoms with Crippen LogP contribution in [0.3, 0.4) is 0 Å². The maximum atomic E-state index is 12.4. The minimum absolute atomic E-state index is 0.101. The van der Waals surface area contributed by atoms with E-state index in [1.165, 1.54) is 0 Å². The third kappa shape index (κ3) is 7.59. The van der Waals surface area contributed by atoms with Gasteiger partial charge in [-0.25, -0.2) is 0 Å². The predicted octanol–water partition coefficient (Wildman–Crippen LogP) is 0.341. The first-order valence-electron chi connectivity index (χ1n) is 9.57. The summed E-state index contributed by atoms with van der Waals surface area (Å²) in [6, 6.07) is 0.253. The minimum atomic E-state index is -0.101. The van der Waals surface area contributed by atoms with Crippen molar-refractivity contribution < 1.29 is 14.3 Å². The molecule has 0 aromatic carbocycles. The van der Waals surface area contributed by atoms with E-state index in [2.05, 4.69) is 34.8 Å². The standard InChI is InChI=1S/C18H35N5O3/c1-5-14(6-2)17(25)23-10-7-15(8-11-23)22-18(19-3)21-13-16(24)20-9-12-26-4/h14-15H,5-13H2,1-4H3,(H,20,24)(H2,19,21,22). The average molecular weight is 370 g/mol. The highest BCUT2D eigenvalue weighted by Crippen LogP contribution is 2.17. The van der Waals surface area contributed by atoms with Gasteiger partial charge in [-0.2, -0.15) is 0 Å². The van der Waals surface area contributed by atoms with Crippen molar-refractivity contribution in [2.75, 3.05) is 46.9 Å². The monoisotopic (exact) mass is 369 g/mol. The lowest BCUT2D eigenvalue weighted by Gasteiger charge is -2.34. The summed E-state index contributed by atoms with van der Waals surface area (Å²) in [4.78, 5) is 30.3. The zero-order valence-electron chi connectivity index (χ0n) is 16.6. The minimum Gasteiger partial charge on any atom is -0.383 e. The van der Waals surface area contributed by atoms with Gasteiger partial charge >= 0.3 is 0 Å². The van der Waals surface area contributed by atoms with Crippen molar-refractivity contribution in [2.24, 2.45) is 10.9 Å². The number of rotatable bonds is 9. The number of nitrogens with one attached hydrogen (secondary N) is 3. The van der Waals surface area contributed by atoms with Crippen molar-refractivity contribution in [3.05, 3.63) is 0 Å². The lowest BCUT2D eigenvalue weighted by molar-refractivity contribution is -0.136. The van der Waals surface area contributed by atoms with Gasteiger partial charge in [0.2, 0.25) is 11.8 Å². The van der Waals surface area contributed by atoms with Crippen LogP contribution in [0.15, 0.2) is 4.99 Å². The number of likely N-dealkylation sites (tertiary alicyclic amines) is 1. The zero-order chi connectivity index (χ0) is 19.4. The topological polar surface area (TPSA) is 95.1 Å². The average Bonchev–Trinajstić information content (AvgIpc) is 2.66. The van der Waals surface area contributed by atoms with Gasteiger partial charge in [0.15, 0.2) is 5.96 Å². The molecular formula is C18H35N5O3. The van der Waals surface area contributed by atoms with Crippen molar-refractivity contribution >= 4 is 17.8 Å². The highest BCUT2D eigenvalue weighted by atomic mass is 16.5. The zero-order valence-corrected chi connectivity index (χ0v) is 16.6. The van der Waals surface area contributed by atoms with E-state index in [0.717, 1.165) is 38.8 Å². The number of nitrogens with zero attached hydrogens (tertiary/aromatic N) is 2. The molecule has 26 heavy (non-hydrogen) atoms. The molecule has 1 saturated heterocycles. The number of guanidine groups is 1. The maximum Gasteiger partial charge on any atom is 0.239 e. The largest absolute Gasteiger partial charge is 0.383 e. The molecule has 0 atom stereocenters. The number of hydrogen-bond acceptors (Lipinski definition) is 4. The Kier molecular flexibility index (Phi) is 10.7. The molecule has 0 aromatic rings. The van der Waals surface area contributed by atoms with Gasteiger partial charge in [-0.3, -0.25) is 14.6 Å². The van der Waals surface area contributed by atoms with Gasteiger partial charge < -0.3 is 25.6 Å². The first-order valence-corrected chi connectivity index (χ1v) is 9.57. The van der Waals surface area contributed by atoms with Crippen LogP contribution in [0.4, 0.5) is 0 Å². The summed E-state index contributed by atoms with van der Waals surface area (Å²) >= 11 is 0. The maximum absolute atomic E-state index is 12.4. The van der Waals surface area contributed by atoms with Crippen LogP contribution >= 0.6 is 0 Å². The lowest BCUT2D eigenvalue weighted by atomic mass is 9.98. The van der Waals surface area contributed by atoms with E-state index in [-0.39, 0.29) is 30.3 Å². The van der Waals surface area contributed by atoms with E-state index < -0.39 is 0 Å². The van der Waals surface area contributed by atoms with E-state index in [4.69, 9.17) is 4.74 Å². The smallest absolute Gasteiger partial charge is 0.239 e. The molecule has 1 rings (SSSR count). The molecule has 0 aromatic heterocycles. The molecule has 0 unspecified atom stereocenters. The third-order valence-corrected chi connectivity index (χ3v) is 4.75. The molecule has 0 radical (unpaired) electrons. The molecule has 150 valence electrons. The van der Waals surface area contributed by atoms with Crippen LogP contribution in [-0.4, -0.2) is 75.7 Å². The van der Waals surface area contributed by atoms with Gasteiger partial charge in [0, 0.05) is 45.8 Å². The number of methoxy groups -OCH3 is 1. The Morgan fingerprint density at radius 3 is 2.38 bits per heavy atom. The summed E-state index contributed by atoms with van der Waals surface area (Å²) in [6.45, 7) is 6.82. The molecular weight excluding hydrogens is 334 g/mol. The van der Waals surface area contributed by atoms with E-state index >= 15 is 0 Å². The first kappa shape index (κ1) is 22.2. The lowest BCUT2D eigenvalue weighted by Crippen LogP contribution is -2.51.